The lowest BCUT2D eigenvalue weighted by atomic mass is 10.4. The lowest BCUT2D eigenvalue weighted by Crippen LogP contribution is -2.34. The molecule has 0 heterocycles. The molecule has 13 heavy (non-hydrogen) atoms. The fraction of sp³-hybridized carbons (Fsp3) is 0.750. The summed E-state index contributed by atoms with van der Waals surface area (Å²) < 4.78 is 0. The van der Waals surface area contributed by atoms with Gasteiger partial charge in [-0.05, 0) is 6.54 Å². The van der Waals surface area contributed by atoms with Crippen LogP contribution in [-0.4, -0.2) is 46.7 Å². The quantitative estimate of drug-likeness (QED) is 0.661. The number of rotatable bonds is 5. The Morgan fingerprint density at radius 2 is 1.38 bits per heavy atom. The third kappa shape index (κ3) is 10.9. The highest BCUT2D eigenvalue weighted by Gasteiger charge is 2.10. The Bertz CT molecular complexity index is 142. The van der Waals surface area contributed by atoms with Crippen LogP contribution in [0.2, 0.25) is 0 Å². The molecule has 0 aromatic carbocycles. The Morgan fingerprint density at radius 3 is 1.54 bits per heavy atom. The molecule has 0 amide bonds. The summed E-state index contributed by atoms with van der Waals surface area (Å²) in [5.74, 6) is -2.01. The molecule has 0 fully saturated rings. The predicted octanol–water partition coefficient (Wildman–Crippen LogP) is 0.504. The van der Waals surface area contributed by atoms with Crippen LogP contribution in [0, 0.1) is 0 Å². The summed E-state index contributed by atoms with van der Waals surface area (Å²) in [6, 6.07) is 0. The van der Waals surface area contributed by atoms with E-state index in [0.29, 0.717) is 6.54 Å². The third-order valence-electron chi connectivity index (χ3n) is 1.16. The van der Waals surface area contributed by atoms with Gasteiger partial charge in [-0.25, -0.2) is 0 Å². The molecule has 0 aliphatic heterocycles. The zero-order valence-corrected chi connectivity index (χ0v) is 8.28. The fourth-order valence-electron chi connectivity index (χ4n) is 0.662. The highest BCUT2D eigenvalue weighted by molar-refractivity contribution is 5.72. The summed E-state index contributed by atoms with van der Waals surface area (Å²) in [6.07, 6.45) is 0. The zero-order chi connectivity index (χ0) is 10.9. The van der Waals surface area contributed by atoms with Crippen LogP contribution >= 0.6 is 0 Å². The first-order valence-electron chi connectivity index (χ1n) is 4.22. The lowest BCUT2D eigenvalue weighted by molar-refractivity contribution is -0.141. The van der Waals surface area contributed by atoms with Gasteiger partial charge in [-0.15, -0.1) is 0 Å². The predicted molar refractivity (Wildman–Crippen MR) is 48.7 cm³/mol. The van der Waals surface area contributed by atoms with E-state index in [1.165, 1.54) is 4.90 Å². The molecule has 0 spiro atoms. The van der Waals surface area contributed by atoms with Gasteiger partial charge in [0.15, 0.2) is 0 Å². The van der Waals surface area contributed by atoms with E-state index in [4.69, 9.17) is 10.2 Å². The van der Waals surface area contributed by atoms with Gasteiger partial charge in [-0.1, -0.05) is 20.8 Å². The van der Waals surface area contributed by atoms with Crippen molar-refractivity contribution in [1.29, 1.82) is 0 Å². The first-order chi connectivity index (χ1) is 6.06. The summed E-state index contributed by atoms with van der Waals surface area (Å²) in [5, 5.41) is 16.6. The highest BCUT2D eigenvalue weighted by atomic mass is 16.4. The number of carboxylic acid groups (broad SMARTS) is 2. The van der Waals surface area contributed by atoms with Gasteiger partial charge >= 0.3 is 11.9 Å². The summed E-state index contributed by atoms with van der Waals surface area (Å²) in [6.45, 7) is 5.70. The van der Waals surface area contributed by atoms with E-state index < -0.39 is 11.9 Å². The molecule has 0 saturated carbocycles. The minimum absolute atomic E-state index is 0.219. The summed E-state index contributed by atoms with van der Waals surface area (Å²) in [4.78, 5) is 21.6. The number of carboxylic acids is 2. The van der Waals surface area contributed by atoms with E-state index in [1.54, 1.807) is 6.92 Å². The molecule has 5 heteroatoms. The molecule has 0 rings (SSSR count). The van der Waals surface area contributed by atoms with Gasteiger partial charge in [-0.2, -0.15) is 0 Å². The van der Waals surface area contributed by atoms with Crippen LogP contribution in [0.1, 0.15) is 20.8 Å². The average Bonchev–Trinajstić information content (AvgIpc) is 2.05. The van der Waals surface area contributed by atoms with Crippen LogP contribution in [-0.2, 0) is 9.59 Å². The van der Waals surface area contributed by atoms with Crippen LogP contribution in [0.15, 0.2) is 0 Å². The van der Waals surface area contributed by atoms with Crippen molar-refractivity contribution in [3.63, 3.8) is 0 Å². The molecular weight excluding hydrogens is 174 g/mol. The van der Waals surface area contributed by atoms with Crippen LogP contribution in [0.4, 0.5) is 0 Å². The topological polar surface area (TPSA) is 77.8 Å². The molecule has 0 radical (unpaired) electrons. The van der Waals surface area contributed by atoms with Crippen LogP contribution in [0.25, 0.3) is 0 Å². The Kier molecular flexibility index (Phi) is 9.98. The number of carbonyl (C=O) groups is 2. The van der Waals surface area contributed by atoms with E-state index in [0.717, 1.165) is 0 Å². The molecule has 5 nitrogen and oxygen atoms in total. The van der Waals surface area contributed by atoms with E-state index in [9.17, 15) is 9.59 Å². The van der Waals surface area contributed by atoms with E-state index in [1.807, 2.05) is 13.8 Å². The average molecular weight is 191 g/mol. The van der Waals surface area contributed by atoms with Gasteiger partial charge in [-0.3, -0.25) is 14.5 Å². The lowest BCUT2D eigenvalue weighted by Gasteiger charge is -2.13. The Hall–Kier alpha value is -1.10. The maximum atomic E-state index is 10.1. The molecular formula is C8H17NO4. The molecule has 0 bridgehead atoms. The van der Waals surface area contributed by atoms with Crippen molar-refractivity contribution in [2.45, 2.75) is 20.8 Å². The molecule has 0 atom stereocenters. The second kappa shape index (κ2) is 8.99. The van der Waals surface area contributed by atoms with Gasteiger partial charge < -0.3 is 10.2 Å². The number of hydrogen-bond donors (Lipinski definition) is 2. The molecule has 0 aromatic rings. The molecule has 0 aromatic heterocycles. The molecule has 2 N–H and O–H groups in total. The van der Waals surface area contributed by atoms with E-state index >= 15 is 0 Å². The van der Waals surface area contributed by atoms with Crippen molar-refractivity contribution in [3.05, 3.63) is 0 Å². The number of nitrogens with zero attached hydrogens (tertiary/aromatic N) is 1. The minimum Gasteiger partial charge on any atom is -0.480 e. The molecule has 0 aliphatic rings. The monoisotopic (exact) mass is 191 g/mol. The number of aliphatic carboxylic acids is 2. The first kappa shape index (κ1) is 14.4. The van der Waals surface area contributed by atoms with Crippen molar-refractivity contribution in [2.24, 2.45) is 0 Å². The second-order valence-electron chi connectivity index (χ2n) is 2.09. The number of likely N-dealkylation sites (N-methyl/N-ethyl adjacent to an activating group) is 1. The third-order valence-corrected chi connectivity index (χ3v) is 1.16. The molecule has 0 saturated heterocycles. The van der Waals surface area contributed by atoms with Crippen molar-refractivity contribution >= 4 is 11.9 Å². The van der Waals surface area contributed by atoms with Gasteiger partial charge in [0, 0.05) is 0 Å². The van der Waals surface area contributed by atoms with Crippen LogP contribution in [0.3, 0.4) is 0 Å². The van der Waals surface area contributed by atoms with Gasteiger partial charge in [0.25, 0.3) is 0 Å². The van der Waals surface area contributed by atoms with Crippen molar-refractivity contribution in [1.82, 2.24) is 4.90 Å². The summed E-state index contributed by atoms with van der Waals surface area (Å²) in [7, 11) is 0. The highest BCUT2D eigenvalue weighted by Crippen LogP contribution is 1.86. The smallest absolute Gasteiger partial charge is 0.317 e. The van der Waals surface area contributed by atoms with E-state index in [2.05, 4.69) is 0 Å². The SMILES string of the molecule is CC.CCN(CC(=O)O)CC(=O)O. The van der Waals surface area contributed by atoms with Crippen LogP contribution in [0.5, 0.6) is 0 Å². The van der Waals surface area contributed by atoms with Crippen LogP contribution < -0.4 is 0 Å². The Balaban J connectivity index is 0. The first-order valence-corrected chi connectivity index (χ1v) is 4.22. The van der Waals surface area contributed by atoms with E-state index in [-0.39, 0.29) is 13.1 Å². The largest absolute Gasteiger partial charge is 0.480 e. The van der Waals surface area contributed by atoms with Gasteiger partial charge in [0.05, 0.1) is 13.1 Å². The van der Waals surface area contributed by atoms with Crippen molar-refractivity contribution in [2.75, 3.05) is 19.6 Å². The Morgan fingerprint density at radius 1 is 1.08 bits per heavy atom. The fourth-order valence-corrected chi connectivity index (χ4v) is 0.662. The Labute approximate surface area is 78.0 Å². The summed E-state index contributed by atoms with van der Waals surface area (Å²) >= 11 is 0. The van der Waals surface area contributed by atoms with Crippen molar-refractivity contribution in [3.8, 4) is 0 Å². The maximum Gasteiger partial charge on any atom is 0.317 e. The van der Waals surface area contributed by atoms with Crippen molar-refractivity contribution < 1.29 is 19.8 Å². The standard InChI is InChI=1S/C6H11NO4.C2H6/c1-2-7(3-5(8)9)4-6(10)11;1-2/h2-4H2,1H3,(H,8,9)(H,10,11);1-2H3. The van der Waals surface area contributed by atoms with Gasteiger partial charge in [0.2, 0.25) is 0 Å². The zero-order valence-electron chi connectivity index (χ0n) is 8.28. The molecule has 0 unspecified atom stereocenters. The maximum absolute atomic E-state index is 10.1. The second-order valence-corrected chi connectivity index (χ2v) is 2.09. The molecule has 78 valence electrons. The minimum atomic E-state index is -1.01. The van der Waals surface area contributed by atoms with Gasteiger partial charge in [0.1, 0.15) is 0 Å². The summed E-state index contributed by atoms with van der Waals surface area (Å²) in [5.41, 5.74) is 0. The molecule has 0 aliphatic carbocycles. The number of hydrogen-bond acceptors (Lipinski definition) is 3. The normalized spacial score (nSPS) is 8.92.